The molecule has 2 aliphatic rings. The van der Waals surface area contributed by atoms with Gasteiger partial charge in [0.15, 0.2) is 0 Å². The second-order valence-electron chi connectivity index (χ2n) is 4.47. The highest BCUT2D eigenvalue weighted by molar-refractivity contribution is 6.21. The van der Waals surface area contributed by atoms with Crippen LogP contribution >= 0.6 is 0 Å². The van der Waals surface area contributed by atoms with Gasteiger partial charge in [0.05, 0.1) is 0 Å². The standard InChI is InChI=1S/C12H19N3O2/c1-9(16)10(11-13-5-4-6-14-11)12(17)15-7-2-3-8-15/h16H,2-8H2,1H3,(H,13,14)/b10-9-. The van der Waals surface area contributed by atoms with Crippen molar-refractivity contribution in [3.63, 3.8) is 0 Å². The molecule has 17 heavy (non-hydrogen) atoms. The van der Waals surface area contributed by atoms with Crippen molar-refractivity contribution in [2.75, 3.05) is 26.2 Å². The van der Waals surface area contributed by atoms with Gasteiger partial charge < -0.3 is 15.3 Å². The summed E-state index contributed by atoms with van der Waals surface area (Å²) in [6.45, 7) is 4.63. The van der Waals surface area contributed by atoms with Gasteiger partial charge in [0.1, 0.15) is 17.2 Å². The van der Waals surface area contributed by atoms with Gasteiger partial charge in [-0.2, -0.15) is 0 Å². The maximum Gasteiger partial charge on any atom is 0.261 e. The summed E-state index contributed by atoms with van der Waals surface area (Å²) in [5, 5.41) is 12.8. The molecule has 0 aromatic heterocycles. The first-order valence-electron chi connectivity index (χ1n) is 6.18. The number of aliphatic imine (C=N–C) groups is 1. The molecule has 2 N–H and O–H groups in total. The Morgan fingerprint density at radius 3 is 2.59 bits per heavy atom. The molecular formula is C12H19N3O2. The molecular weight excluding hydrogens is 218 g/mol. The fourth-order valence-corrected chi connectivity index (χ4v) is 2.21. The lowest BCUT2D eigenvalue weighted by molar-refractivity contribution is -0.125. The molecule has 0 aliphatic carbocycles. The zero-order chi connectivity index (χ0) is 12.3. The second kappa shape index (κ2) is 5.21. The number of amides is 1. The van der Waals surface area contributed by atoms with Crippen molar-refractivity contribution in [3.05, 3.63) is 11.3 Å². The molecule has 1 amide bonds. The van der Waals surface area contributed by atoms with Gasteiger partial charge in [-0.25, -0.2) is 0 Å². The van der Waals surface area contributed by atoms with E-state index in [-0.39, 0.29) is 11.7 Å². The SMILES string of the molecule is C/C(O)=C(/C(=O)N1CCCC1)C1=NCCCN1. The number of carbonyl (C=O) groups is 1. The molecule has 0 aromatic carbocycles. The van der Waals surface area contributed by atoms with Crippen LogP contribution in [0.3, 0.4) is 0 Å². The number of nitrogens with one attached hydrogen (secondary N) is 1. The normalized spacial score (nSPS) is 21.7. The van der Waals surface area contributed by atoms with Crippen LogP contribution in [-0.4, -0.2) is 47.9 Å². The van der Waals surface area contributed by atoms with E-state index < -0.39 is 0 Å². The number of hydrogen-bond acceptors (Lipinski definition) is 4. The monoisotopic (exact) mass is 237 g/mol. The summed E-state index contributed by atoms with van der Waals surface area (Å²) in [7, 11) is 0. The molecule has 0 unspecified atom stereocenters. The minimum Gasteiger partial charge on any atom is -0.512 e. The predicted octanol–water partition coefficient (Wildman–Crippen LogP) is 0.833. The van der Waals surface area contributed by atoms with Gasteiger partial charge in [-0.1, -0.05) is 0 Å². The van der Waals surface area contributed by atoms with Gasteiger partial charge in [0.2, 0.25) is 0 Å². The third-order valence-electron chi connectivity index (χ3n) is 3.10. The van der Waals surface area contributed by atoms with E-state index in [9.17, 15) is 9.90 Å². The smallest absolute Gasteiger partial charge is 0.261 e. The Kier molecular flexibility index (Phi) is 3.66. The number of allylic oxidation sites excluding steroid dienone is 1. The lowest BCUT2D eigenvalue weighted by Crippen LogP contribution is -2.39. The summed E-state index contributed by atoms with van der Waals surface area (Å²) in [5.41, 5.74) is 0.339. The Bertz CT molecular complexity index is 364. The number of hydrogen-bond donors (Lipinski definition) is 2. The number of aliphatic hydroxyl groups is 1. The molecule has 0 saturated carbocycles. The Morgan fingerprint density at radius 2 is 2.06 bits per heavy atom. The number of likely N-dealkylation sites (tertiary alicyclic amines) is 1. The van der Waals surface area contributed by atoms with Crippen LogP contribution in [-0.2, 0) is 4.79 Å². The quantitative estimate of drug-likeness (QED) is 0.552. The van der Waals surface area contributed by atoms with E-state index in [1.807, 2.05) is 0 Å². The topological polar surface area (TPSA) is 64.9 Å². The Labute approximate surface area is 101 Å². The maximum atomic E-state index is 12.3. The summed E-state index contributed by atoms with van der Waals surface area (Å²) in [6.07, 6.45) is 3.06. The van der Waals surface area contributed by atoms with Crippen molar-refractivity contribution in [1.82, 2.24) is 10.2 Å². The van der Waals surface area contributed by atoms with E-state index in [0.717, 1.165) is 38.9 Å². The van der Waals surface area contributed by atoms with Crippen LogP contribution < -0.4 is 5.32 Å². The van der Waals surface area contributed by atoms with Gasteiger partial charge in [0.25, 0.3) is 5.91 Å². The lowest BCUT2D eigenvalue weighted by Gasteiger charge is -2.21. The van der Waals surface area contributed by atoms with Crippen molar-refractivity contribution < 1.29 is 9.90 Å². The first kappa shape index (κ1) is 12.0. The van der Waals surface area contributed by atoms with E-state index in [1.54, 1.807) is 11.8 Å². The summed E-state index contributed by atoms with van der Waals surface area (Å²) in [4.78, 5) is 18.3. The molecule has 0 bridgehead atoms. The lowest BCUT2D eigenvalue weighted by atomic mass is 10.1. The Balaban J connectivity index is 2.20. The van der Waals surface area contributed by atoms with Gasteiger partial charge in [-0.15, -0.1) is 0 Å². The van der Waals surface area contributed by atoms with Gasteiger partial charge in [-0.3, -0.25) is 9.79 Å². The number of amidine groups is 1. The number of carbonyl (C=O) groups excluding carboxylic acids is 1. The Morgan fingerprint density at radius 1 is 1.35 bits per heavy atom. The molecule has 0 aromatic rings. The summed E-state index contributed by atoms with van der Waals surface area (Å²) >= 11 is 0. The zero-order valence-corrected chi connectivity index (χ0v) is 10.2. The van der Waals surface area contributed by atoms with Crippen LogP contribution in [0.4, 0.5) is 0 Å². The molecule has 0 atom stereocenters. The summed E-state index contributed by atoms with van der Waals surface area (Å²) in [6, 6.07) is 0. The average molecular weight is 237 g/mol. The van der Waals surface area contributed by atoms with E-state index in [2.05, 4.69) is 10.3 Å². The van der Waals surface area contributed by atoms with Crippen LogP contribution in [0.15, 0.2) is 16.3 Å². The molecule has 2 aliphatic heterocycles. The molecule has 0 radical (unpaired) electrons. The third kappa shape index (κ3) is 2.60. The summed E-state index contributed by atoms with van der Waals surface area (Å²) in [5.74, 6) is 0.499. The largest absolute Gasteiger partial charge is 0.512 e. The van der Waals surface area contributed by atoms with Crippen molar-refractivity contribution >= 4 is 11.7 Å². The van der Waals surface area contributed by atoms with Crippen LogP contribution in [0.2, 0.25) is 0 Å². The molecule has 0 spiro atoms. The van der Waals surface area contributed by atoms with Gasteiger partial charge in [-0.05, 0) is 26.2 Å². The minimum atomic E-state index is -0.101. The minimum absolute atomic E-state index is 0.0510. The van der Waals surface area contributed by atoms with Crippen molar-refractivity contribution in [2.24, 2.45) is 4.99 Å². The molecule has 5 heteroatoms. The molecule has 94 valence electrons. The number of nitrogens with zero attached hydrogens (tertiary/aromatic N) is 2. The maximum absolute atomic E-state index is 12.3. The van der Waals surface area contributed by atoms with Crippen LogP contribution in [0.1, 0.15) is 26.2 Å². The van der Waals surface area contributed by atoms with E-state index >= 15 is 0 Å². The van der Waals surface area contributed by atoms with Crippen molar-refractivity contribution in [3.8, 4) is 0 Å². The van der Waals surface area contributed by atoms with Crippen LogP contribution in [0, 0.1) is 0 Å². The second-order valence-corrected chi connectivity index (χ2v) is 4.47. The molecule has 2 rings (SSSR count). The highest BCUT2D eigenvalue weighted by atomic mass is 16.3. The highest BCUT2D eigenvalue weighted by Gasteiger charge is 2.27. The molecule has 1 saturated heterocycles. The molecule has 1 fully saturated rings. The van der Waals surface area contributed by atoms with Gasteiger partial charge in [0, 0.05) is 26.2 Å². The molecule has 2 heterocycles. The van der Waals surface area contributed by atoms with E-state index in [0.29, 0.717) is 18.0 Å². The van der Waals surface area contributed by atoms with E-state index in [1.165, 1.54) is 0 Å². The first-order valence-corrected chi connectivity index (χ1v) is 6.18. The number of aliphatic hydroxyl groups excluding tert-OH is 1. The van der Waals surface area contributed by atoms with Gasteiger partial charge >= 0.3 is 0 Å². The third-order valence-corrected chi connectivity index (χ3v) is 3.10. The van der Waals surface area contributed by atoms with Crippen LogP contribution in [0.5, 0.6) is 0 Å². The van der Waals surface area contributed by atoms with E-state index in [4.69, 9.17) is 0 Å². The summed E-state index contributed by atoms with van der Waals surface area (Å²) < 4.78 is 0. The van der Waals surface area contributed by atoms with Crippen molar-refractivity contribution in [1.29, 1.82) is 0 Å². The zero-order valence-electron chi connectivity index (χ0n) is 10.2. The highest BCUT2D eigenvalue weighted by Crippen LogP contribution is 2.15. The Hall–Kier alpha value is -1.52. The predicted molar refractivity (Wildman–Crippen MR) is 66.1 cm³/mol. The molecule has 5 nitrogen and oxygen atoms in total. The number of rotatable bonds is 2. The first-order chi connectivity index (χ1) is 8.20. The van der Waals surface area contributed by atoms with Crippen LogP contribution in [0.25, 0.3) is 0 Å². The fraction of sp³-hybridized carbons (Fsp3) is 0.667. The van der Waals surface area contributed by atoms with Crippen molar-refractivity contribution in [2.45, 2.75) is 26.2 Å². The fourth-order valence-electron chi connectivity index (χ4n) is 2.21. The average Bonchev–Trinajstić information content (AvgIpc) is 2.83.